The fourth-order valence-corrected chi connectivity index (χ4v) is 0.969. The Kier molecular flexibility index (Phi) is 3.20. The summed E-state index contributed by atoms with van der Waals surface area (Å²) in [6.45, 7) is 3.87. The van der Waals surface area contributed by atoms with Crippen molar-refractivity contribution in [2.45, 2.75) is 13.8 Å². The summed E-state index contributed by atoms with van der Waals surface area (Å²) in [5.74, 6) is 0. The molecule has 0 fully saturated rings. The molecule has 1 heterocycles. The first kappa shape index (κ1) is 8.65. The predicted molar refractivity (Wildman–Crippen MR) is 52.1 cm³/mol. The van der Waals surface area contributed by atoms with Gasteiger partial charge in [0.15, 0.2) is 0 Å². The van der Waals surface area contributed by atoms with Gasteiger partial charge in [0.2, 0.25) is 0 Å². The third-order valence-corrected chi connectivity index (χ3v) is 1.50. The highest BCUT2D eigenvalue weighted by atomic mass is 14.7. The maximum atomic E-state index is 4.21. The van der Waals surface area contributed by atoms with Gasteiger partial charge in [-0.3, -0.25) is 9.98 Å². The number of aromatic nitrogens is 1. The lowest BCUT2D eigenvalue weighted by molar-refractivity contribution is 1.30. The summed E-state index contributed by atoms with van der Waals surface area (Å²) in [4.78, 5) is 8.23. The number of pyridine rings is 1. The smallest absolute Gasteiger partial charge is 0.0670 e. The Morgan fingerprint density at radius 1 is 1.50 bits per heavy atom. The van der Waals surface area contributed by atoms with Crippen molar-refractivity contribution in [1.29, 1.82) is 0 Å². The second-order valence-electron chi connectivity index (χ2n) is 2.30. The molecule has 0 aromatic carbocycles. The Morgan fingerprint density at radius 2 is 2.33 bits per heavy atom. The van der Waals surface area contributed by atoms with Crippen LogP contribution in [0.15, 0.2) is 35.6 Å². The van der Waals surface area contributed by atoms with Crippen molar-refractivity contribution in [2.24, 2.45) is 4.99 Å². The van der Waals surface area contributed by atoms with E-state index < -0.39 is 0 Å². The Balaban J connectivity index is 2.97. The van der Waals surface area contributed by atoms with Gasteiger partial charge >= 0.3 is 0 Å². The molecular formula is C10H12N2. The van der Waals surface area contributed by atoms with Gasteiger partial charge < -0.3 is 0 Å². The highest BCUT2D eigenvalue weighted by Gasteiger charge is 1.94. The number of hydrogen-bond donors (Lipinski definition) is 0. The number of allylic oxidation sites excluding steroid dienone is 1. The monoisotopic (exact) mass is 160 g/mol. The standard InChI is InChI=1S/C10H12N2/c1-3-10(12-4-2)9-6-5-7-11-8-9/h3-8H,1-2H3. The number of hydrogen-bond acceptors (Lipinski definition) is 2. The van der Waals surface area contributed by atoms with E-state index in [0.29, 0.717) is 0 Å². The Morgan fingerprint density at radius 3 is 2.83 bits per heavy atom. The van der Waals surface area contributed by atoms with E-state index in [9.17, 15) is 0 Å². The first-order valence-electron chi connectivity index (χ1n) is 3.94. The molecule has 1 rings (SSSR count). The first-order valence-corrected chi connectivity index (χ1v) is 3.94. The van der Waals surface area contributed by atoms with Crippen LogP contribution in [-0.4, -0.2) is 11.2 Å². The predicted octanol–water partition coefficient (Wildman–Crippen LogP) is 2.53. The highest BCUT2D eigenvalue weighted by Crippen LogP contribution is 2.12. The van der Waals surface area contributed by atoms with Gasteiger partial charge in [-0.05, 0) is 26.0 Å². The highest BCUT2D eigenvalue weighted by molar-refractivity contribution is 5.72. The summed E-state index contributed by atoms with van der Waals surface area (Å²) in [6.07, 6.45) is 7.31. The lowest BCUT2D eigenvalue weighted by atomic mass is 10.2. The fraction of sp³-hybridized carbons (Fsp3) is 0.200. The summed E-state index contributed by atoms with van der Waals surface area (Å²) in [5.41, 5.74) is 2.02. The van der Waals surface area contributed by atoms with Gasteiger partial charge in [0.05, 0.1) is 5.70 Å². The van der Waals surface area contributed by atoms with Gasteiger partial charge in [-0.2, -0.15) is 0 Å². The molecule has 1 aromatic heterocycles. The van der Waals surface area contributed by atoms with Crippen LogP contribution < -0.4 is 0 Å². The molecule has 1 aromatic rings. The largest absolute Gasteiger partial charge is 0.264 e. The topological polar surface area (TPSA) is 25.2 Å². The third-order valence-electron chi connectivity index (χ3n) is 1.50. The van der Waals surface area contributed by atoms with Crippen molar-refractivity contribution in [1.82, 2.24) is 4.98 Å². The molecule has 0 amide bonds. The van der Waals surface area contributed by atoms with E-state index in [1.165, 1.54) is 0 Å². The molecule has 62 valence electrons. The van der Waals surface area contributed by atoms with Crippen molar-refractivity contribution in [2.75, 3.05) is 0 Å². The Hall–Kier alpha value is -1.44. The molecule has 0 aliphatic rings. The average molecular weight is 160 g/mol. The van der Waals surface area contributed by atoms with Crippen LogP contribution in [0.1, 0.15) is 19.4 Å². The first-order chi connectivity index (χ1) is 5.88. The molecule has 0 atom stereocenters. The van der Waals surface area contributed by atoms with Crippen LogP contribution in [-0.2, 0) is 0 Å². The van der Waals surface area contributed by atoms with Crippen molar-refractivity contribution < 1.29 is 0 Å². The van der Waals surface area contributed by atoms with E-state index in [-0.39, 0.29) is 0 Å². The maximum absolute atomic E-state index is 4.21. The van der Waals surface area contributed by atoms with E-state index in [1.54, 1.807) is 12.4 Å². The number of nitrogens with zero attached hydrogens (tertiary/aromatic N) is 2. The van der Waals surface area contributed by atoms with Crippen molar-refractivity contribution >= 4 is 11.9 Å². The van der Waals surface area contributed by atoms with Crippen LogP contribution in [0, 0.1) is 0 Å². The summed E-state index contributed by atoms with van der Waals surface area (Å²) >= 11 is 0. The number of aliphatic imine (C=N–C) groups is 1. The van der Waals surface area contributed by atoms with Crippen molar-refractivity contribution in [3.8, 4) is 0 Å². The van der Waals surface area contributed by atoms with Gasteiger partial charge in [0.25, 0.3) is 0 Å². The van der Waals surface area contributed by atoms with E-state index in [4.69, 9.17) is 0 Å². The molecule has 0 bridgehead atoms. The van der Waals surface area contributed by atoms with E-state index >= 15 is 0 Å². The molecule has 0 radical (unpaired) electrons. The zero-order valence-electron chi connectivity index (χ0n) is 7.36. The molecule has 0 spiro atoms. The molecule has 12 heavy (non-hydrogen) atoms. The molecule has 0 saturated carbocycles. The molecular weight excluding hydrogens is 148 g/mol. The van der Waals surface area contributed by atoms with Gasteiger partial charge in [0.1, 0.15) is 0 Å². The van der Waals surface area contributed by atoms with E-state index in [1.807, 2.05) is 38.3 Å². The second kappa shape index (κ2) is 4.44. The summed E-state index contributed by atoms with van der Waals surface area (Å²) < 4.78 is 0. The normalized spacial score (nSPS) is 12.3. The average Bonchev–Trinajstić information content (AvgIpc) is 2.15. The SMILES string of the molecule is CC=NC(=CC)c1cccnc1. The Labute approximate surface area is 72.7 Å². The van der Waals surface area contributed by atoms with Crippen LogP contribution >= 0.6 is 0 Å². The van der Waals surface area contributed by atoms with E-state index in [0.717, 1.165) is 11.3 Å². The molecule has 2 heteroatoms. The fourth-order valence-electron chi connectivity index (χ4n) is 0.969. The molecule has 0 N–H and O–H groups in total. The lowest BCUT2D eigenvalue weighted by Gasteiger charge is -1.98. The van der Waals surface area contributed by atoms with Gasteiger partial charge in [0, 0.05) is 24.2 Å². The quantitative estimate of drug-likeness (QED) is 0.610. The van der Waals surface area contributed by atoms with Gasteiger partial charge in [-0.15, -0.1) is 0 Å². The molecule has 0 aliphatic heterocycles. The lowest BCUT2D eigenvalue weighted by Crippen LogP contribution is -1.81. The van der Waals surface area contributed by atoms with Gasteiger partial charge in [-0.25, -0.2) is 0 Å². The second-order valence-corrected chi connectivity index (χ2v) is 2.30. The Bertz CT molecular complexity index is 286. The van der Waals surface area contributed by atoms with E-state index in [2.05, 4.69) is 9.98 Å². The molecule has 0 saturated heterocycles. The minimum absolute atomic E-state index is 0.964. The van der Waals surface area contributed by atoms with Crippen molar-refractivity contribution in [3.63, 3.8) is 0 Å². The van der Waals surface area contributed by atoms with Crippen LogP contribution in [0.2, 0.25) is 0 Å². The summed E-state index contributed by atoms with van der Waals surface area (Å²) in [6, 6.07) is 3.90. The van der Waals surface area contributed by atoms with Crippen molar-refractivity contribution in [3.05, 3.63) is 36.2 Å². The zero-order chi connectivity index (χ0) is 8.81. The molecule has 2 nitrogen and oxygen atoms in total. The van der Waals surface area contributed by atoms with Crippen LogP contribution in [0.5, 0.6) is 0 Å². The summed E-state index contributed by atoms with van der Waals surface area (Å²) in [7, 11) is 0. The molecule has 0 unspecified atom stereocenters. The van der Waals surface area contributed by atoms with Gasteiger partial charge in [-0.1, -0.05) is 6.08 Å². The maximum Gasteiger partial charge on any atom is 0.0670 e. The van der Waals surface area contributed by atoms with Crippen LogP contribution in [0.25, 0.3) is 5.70 Å². The minimum atomic E-state index is 0.964. The third kappa shape index (κ3) is 2.02. The zero-order valence-corrected chi connectivity index (χ0v) is 7.36. The summed E-state index contributed by atoms with van der Waals surface area (Å²) in [5, 5.41) is 0. The van der Waals surface area contributed by atoms with Crippen LogP contribution in [0.4, 0.5) is 0 Å². The minimum Gasteiger partial charge on any atom is -0.264 e. The van der Waals surface area contributed by atoms with Crippen LogP contribution in [0.3, 0.4) is 0 Å². The molecule has 0 aliphatic carbocycles. The number of rotatable bonds is 2.